The predicted octanol–water partition coefficient (Wildman–Crippen LogP) is 5.57. The molecule has 10 heteroatoms. The molecule has 0 aromatic heterocycles. The summed E-state index contributed by atoms with van der Waals surface area (Å²) in [5.41, 5.74) is 1.38. The number of aryl methyl sites for hydroxylation is 1. The molecule has 0 aliphatic heterocycles. The minimum absolute atomic E-state index is 0.00204. The van der Waals surface area contributed by atoms with Crippen LogP contribution in [0.25, 0.3) is 0 Å². The average molecular weight is 600 g/mol. The van der Waals surface area contributed by atoms with Crippen LogP contribution in [-0.2, 0) is 26.2 Å². The van der Waals surface area contributed by atoms with Crippen LogP contribution in [0.4, 0.5) is 5.69 Å². The molecule has 8 nitrogen and oxygen atoms in total. The maximum atomic E-state index is 14.2. The summed E-state index contributed by atoms with van der Waals surface area (Å²) < 4.78 is 34.5. The SMILES string of the molecule is CCC(C(=O)NC(C)(C)C)N(Cc1ccccc1C)C(=O)CN(c1cc(Cl)ccc1OC)S(=O)(=O)c1ccccc1. The largest absolute Gasteiger partial charge is 0.495 e. The van der Waals surface area contributed by atoms with E-state index >= 15 is 0 Å². The number of methoxy groups -OCH3 is 1. The Bertz CT molecular complexity index is 1470. The summed E-state index contributed by atoms with van der Waals surface area (Å²) in [6, 6.07) is 19.1. The maximum Gasteiger partial charge on any atom is 0.264 e. The molecule has 2 amide bonds. The van der Waals surface area contributed by atoms with Crippen molar-refractivity contribution in [2.75, 3.05) is 18.0 Å². The van der Waals surface area contributed by atoms with Gasteiger partial charge >= 0.3 is 0 Å². The van der Waals surface area contributed by atoms with Gasteiger partial charge in [0, 0.05) is 17.1 Å². The molecule has 0 saturated heterocycles. The first-order valence-electron chi connectivity index (χ1n) is 13.4. The van der Waals surface area contributed by atoms with Gasteiger partial charge in [-0.2, -0.15) is 0 Å². The minimum Gasteiger partial charge on any atom is -0.495 e. The number of benzene rings is 3. The van der Waals surface area contributed by atoms with Crippen molar-refractivity contribution in [1.29, 1.82) is 0 Å². The second-order valence-electron chi connectivity index (χ2n) is 10.8. The average Bonchev–Trinajstić information content (AvgIpc) is 2.92. The Kier molecular flexibility index (Phi) is 10.4. The van der Waals surface area contributed by atoms with Gasteiger partial charge in [0.05, 0.1) is 17.7 Å². The lowest BCUT2D eigenvalue weighted by atomic mass is 10.0. The number of halogens is 1. The molecule has 3 rings (SSSR count). The van der Waals surface area contributed by atoms with Gasteiger partial charge in [0.1, 0.15) is 18.3 Å². The van der Waals surface area contributed by atoms with Crippen molar-refractivity contribution in [3.05, 3.63) is 88.9 Å². The highest BCUT2D eigenvalue weighted by Gasteiger charge is 2.35. The number of anilines is 1. The van der Waals surface area contributed by atoms with Gasteiger partial charge in [-0.15, -0.1) is 0 Å². The summed E-state index contributed by atoms with van der Waals surface area (Å²) in [4.78, 5) is 29.1. The normalized spacial score (nSPS) is 12.4. The Labute approximate surface area is 248 Å². The first kappa shape index (κ1) is 32.0. The Morgan fingerprint density at radius 1 is 1.00 bits per heavy atom. The lowest BCUT2D eigenvalue weighted by molar-refractivity contribution is -0.141. The smallest absolute Gasteiger partial charge is 0.264 e. The van der Waals surface area contributed by atoms with E-state index in [0.717, 1.165) is 15.4 Å². The van der Waals surface area contributed by atoms with E-state index in [0.29, 0.717) is 6.42 Å². The Morgan fingerprint density at radius 3 is 2.22 bits per heavy atom. The molecule has 0 heterocycles. The van der Waals surface area contributed by atoms with Crippen LogP contribution >= 0.6 is 11.6 Å². The van der Waals surface area contributed by atoms with E-state index in [9.17, 15) is 18.0 Å². The maximum absolute atomic E-state index is 14.2. The van der Waals surface area contributed by atoms with Crippen molar-refractivity contribution < 1.29 is 22.7 Å². The van der Waals surface area contributed by atoms with Gasteiger partial charge in [0.15, 0.2) is 0 Å². The van der Waals surface area contributed by atoms with E-state index in [-0.39, 0.29) is 33.8 Å². The molecule has 0 fully saturated rings. The monoisotopic (exact) mass is 599 g/mol. The second-order valence-corrected chi connectivity index (χ2v) is 13.1. The van der Waals surface area contributed by atoms with Gasteiger partial charge < -0.3 is 15.0 Å². The standard InChI is InChI=1S/C31H38ClN3O5S/c1-7-26(30(37)33-31(3,4)5)34(20-23-14-12-11-13-22(23)2)29(36)21-35(27-19-24(32)17-18-28(27)40-6)41(38,39)25-15-9-8-10-16-25/h8-19,26H,7,20-21H2,1-6H3,(H,33,37). The van der Waals surface area contributed by atoms with Gasteiger partial charge in [-0.1, -0.05) is 61.0 Å². The highest BCUT2D eigenvalue weighted by molar-refractivity contribution is 7.92. The molecule has 0 radical (unpaired) electrons. The zero-order valence-electron chi connectivity index (χ0n) is 24.3. The highest BCUT2D eigenvalue weighted by Crippen LogP contribution is 2.35. The number of amides is 2. The summed E-state index contributed by atoms with van der Waals surface area (Å²) in [5, 5.41) is 3.24. The summed E-state index contributed by atoms with van der Waals surface area (Å²) in [7, 11) is -2.83. The van der Waals surface area contributed by atoms with E-state index in [2.05, 4.69) is 5.32 Å². The molecule has 0 aliphatic rings. The van der Waals surface area contributed by atoms with Crippen LogP contribution in [0, 0.1) is 6.92 Å². The number of hydrogen-bond donors (Lipinski definition) is 1. The van der Waals surface area contributed by atoms with Crippen LogP contribution in [0.3, 0.4) is 0 Å². The summed E-state index contributed by atoms with van der Waals surface area (Å²) >= 11 is 6.29. The Balaban J connectivity index is 2.14. The molecule has 0 spiro atoms. The van der Waals surface area contributed by atoms with Crippen molar-refractivity contribution in [3.63, 3.8) is 0 Å². The van der Waals surface area contributed by atoms with E-state index in [1.54, 1.807) is 30.3 Å². The van der Waals surface area contributed by atoms with Gasteiger partial charge in [-0.3, -0.25) is 13.9 Å². The minimum atomic E-state index is -4.25. The fraction of sp³-hybridized carbons (Fsp3) is 0.355. The fourth-order valence-corrected chi connectivity index (χ4v) is 6.04. The lowest BCUT2D eigenvalue weighted by Crippen LogP contribution is -2.55. The second kappa shape index (κ2) is 13.4. The first-order chi connectivity index (χ1) is 19.3. The van der Waals surface area contributed by atoms with E-state index in [4.69, 9.17) is 16.3 Å². The number of hydrogen-bond acceptors (Lipinski definition) is 5. The predicted molar refractivity (Wildman–Crippen MR) is 163 cm³/mol. The molecule has 0 bridgehead atoms. The topological polar surface area (TPSA) is 96.0 Å². The zero-order chi connectivity index (χ0) is 30.4. The number of nitrogens with one attached hydrogen (secondary N) is 1. The van der Waals surface area contributed by atoms with Gasteiger partial charge in [0.25, 0.3) is 10.0 Å². The molecular formula is C31H38ClN3O5S. The van der Waals surface area contributed by atoms with Crippen LogP contribution in [0.5, 0.6) is 5.75 Å². The van der Waals surface area contributed by atoms with Crippen molar-refractivity contribution >= 4 is 39.1 Å². The number of nitrogens with zero attached hydrogens (tertiary/aromatic N) is 2. The molecule has 3 aromatic carbocycles. The van der Waals surface area contributed by atoms with Gasteiger partial charge in [-0.25, -0.2) is 8.42 Å². The highest BCUT2D eigenvalue weighted by atomic mass is 35.5. The lowest BCUT2D eigenvalue weighted by Gasteiger charge is -2.35. The van der Waals surface area contributed by atoms with Crippen LogP contribution in [0.1, 0.15) is 45.2 Å². The zero-order valence-corrected chi connectivity index (χ0v) is 25.9. The summed E-state index contributed by atoms with van der Waals surface area (Å²) in [5.74, 6) is -0.643. The van der Waals surface area contributed by atoms with Crippen LogP contribution in [0.15, 0.2) is 77.7 Å². The molecule has 0 aliphatic carbocycles. The Morgan fingerprint density at radius 2 is 1.63 bits per heavy atom. The summed E-state index contributed by atoms with van der Waals surface area (Å²) in [6.45, 7) is 8.88. The Hall–Kier alpha value is -3.56. The fourth-order valence-electron chi connectivity index (χ4n) is 4.43. The third-order valence-electron chi connectivity index (χ3n) is 6.51. The van der Waals surface area contributed by atoms with Gasteiger partial charge in [0.2, 0.25) is 11.8 Å². The van der Waals surface area contributed by atoms with Crippen LogP contribution in [-0.4, -0.2) is 50.4 Å². The molecule has 1 unspecified atom stereocenters. The van der Waals surface area contributed by atoms with Crippen molar-refractivity contribution in [2.24, 2.45) is 0 Å². The molecule has 41 heavy (non-hydrogen) atoms. The first-order valence-corrected chi connectivity index (χ1v) is 15.2. The molecule has 1 N–H and O–H groups in total. The van der Waals surface area contributed by atoms with Gasteiger partial charge in [-0.05, 0) is 75.6 Å². The van der Waals surface area contributed by atoms with Crippen molar-refractivity contribution in [2.45, 2.75) is 64.1 Å². The van der Waals surface area contributed by atoms with Crippen LogP contribution in [0.2, 0.25) is 5.02 Å². The molecule has 3 aromatic rings. The number of ether oxygens (including phenoxy) is 1. The third-order valence-corrected chi connectivity index (χ3v) is 8.51. The number of sulfonamides is 1. The van der Waals surface area contributed by atoms with Crippen LogP contribution < -0.4 is 14.4 Å². The quantitative estimate of drug-likeness (QED) is 0.311. The molecular weight excluding hydrogens is 562 g/mol. The van der Waals surface area contributed by atoms with E-state index in [1.807, 2.05) is 58.9 Å². The van der Waals surface area contributed by atoms with Crippen molar-refractivity contribution in [3.8, 4) is 5.75 Å². The molecule has 220 valence electrons. The van der Waals surface area contributed by atoms with Crippen molar-refractivity contribution in [1.82, 2.24) is 10.2 Å². The molecule has 0 saturated carbocycles. The van der Waals surface area contributed by atoms with E-state index < -0.39 is 34.1 Å². The number of rotatable bonds is 11. The van der Waals surface area contributed by atoms with E-state index in [1.165, 1.54) is 30.2 Å². The molecule has 1 atom stereocenters. The summed E-state index contributed by atoms with van der Waals surface area (Å²) in [6.07, 6.45) is 0.325. The number of carbonyl (C=O) groups excluding carboxylic acids is 2. The number of carbonyl (C=O) groups is 2. The third kappa shape index (κ3) is 8.01.